The van der Waals surface area contributed by atoms with Crippen molar-refractivity contribution in [3.05, 3.63) is 65.7 Å². The average molecular weight is 477 g/mol. The molecule has 0 aromatic heterocycles. The molecule has 2 aromatic rings. The van der Waals surface area contributed by atoms with Crippen molar-refractivity contribution in [2.45, 2.75) is 24.9 Å². The van der Waals surface area contributed by atoms with Gasteiger partial charge in [0.2, 0.25) is 5.91 Å². The summed E-state index contributed by atoms with van der Waals surface area (Å²) in [4.78, 5) is 41.0. The van der Waals surface area contributed by atoms with E-state index in [1.165, 1.54) is 17.9 Å². The van der Waals surface area contributed by atoms with E-state index >= 15 is 0 Å². The molecule has 0 saturated carbocycles. The first kappa shape index (κ1) is 22.8. The molecule has 0 radical (unpaired) electrons. The highest BCUT2D eigenvalue weighted by Gasteiger charge is 2.50. The van der Waals surface area contributed by atoms with Gasteiger partial charge in [0.05, 0.1) is 17.5 Å². The van der Waals surface area contributed by atoms with Crippen LogP contribution in [0.2, 0.25) is 0 Å². The molecular formula is C22H21F2N3O5S. The number of carbonyl (C=O) groups excluding carboxylic acids is 3. The van der Waals surface area contributed by atoms with E-state index in [9.17, 15) is 31.6 Å². The molecule has 8 nitrogen and oxygen atoms in total. The molecule has 0 bridgehead atoms. The molecule has 11 heteroatoms. The Hall–Kier alpha value is -3.34. The summed E-state index contributed by atoms with van der Waals surface area (Å²) in [5.41, 5.74) is -1.23. The molecule has 0 unspecified atom stereocenters. The van der Waals surface area contributed by atoms with Gasteiger partial charge in [0, 0.05) is 5.69 Å². The first-order valence-corrected chi connectivity index (χ1v) is 12.0. The van der Waals surface area contributed by atoms with E-state index < -0.39 is 57.4 Å². The monoisotopic (exact) mass is 477 g/mol. The highest BCUT2D eigenvalue weighted by Crippen LogP contribution is 2.31. The molecule has 1 N–H and O–H groups in total. The molecule has 4 amide bonds. The summed E-state index contributed by atoms with van der Waals surface area (Å²) >= 11 is 0. The first-order chi connectivity index (χ1) is 15.5. The van der Waals surface area contributed by atoms with Gasteiger partial charge >= 0.3 is 6.03 Å². The summed E-state index contributed by atoms with van der Waals surface area (Å²) in [5.74, 6) is -4.01. The summed E-state index contributed by atoms with van der Waals surface area (Å²) in [6, 6.07) is 9.74. The Morgan fingerprint density at radius 3 is 2.45 bits per heavy atom. The Morgan fingerprint density at radius 2 is 1.85 bits per heavy atom. The lowest BCUT2D eigenvalue weighted by Crippen LogP contribution is -2.48. The zero-order chi connectivity index (χ0) is 24.0. The van der Waals surface area contributed by atoms with Crippen LogP contribution in [0.1, 0.15) is 18.9 Å². The third-order valence-corrected chi connectivity index (χ3v) is 7.69. The summed E-state index contributed by atoms with van der Waals surface area (Å²) in [5, 5.41) is 2.44. The van der Waals surface area contributed by atoms with Crippen LogP contribution in [-0.4, -0.2) is 55.3 Å². The van der Waals surface area contributed by atoms with Gasteiger partial charge in [-0.2, -0.15) is 0 Å². The number of hydrogen-bond acceptors (Lipinski definition) is 5. The molecule has 33 heavy (non-hydrogen) atoms. The summed E-state index contributed by atoms with van der Waals surface area (Å²) < 4.78 is 51.1. The molecule has 2 aliphatic heterocycles. The highest BCUT2D eigenvalue weighted by molar-refractivity contribution is 7.91. The lowest BCUT2D eigenvalue weighted by Gasteiger charge is -2.30. The third kappa shape index (κ3) is 4.20. The molecule has 2 fully saturated rings. The molecule has 2 aromatic carbocycles. The molecule has 0 spiro atoms. The van der Waals surface area contributed by atoms with Gasteiger partial charge in [-0.15, -0.1) is 0 Å². The summed E-state index contributed by atoms with van der Waals surface area (Å²) in [6.45, 7) is 0.693. The smallest absolute Gasteiger partial charge is 0.319 e. The fourth-order valence-electron chi connectivity index (χ4n) is 4.18. The highest BCUT2D eigenvalue weighted by atomic mass is 32.2. The van der Waals surface area contributed by atoms with Crippen LogP contribution >= 0.6 is 0 Å². The van der Waals surface area contributed by atoms with E-state index in [0.29, 0.717) is 10.6 Å². The van der Waals surface area contributed by atoms with Crippen molar-refractivity contribution in [3.8, 4) is 0 Å². The van der Waals surface area contributed by atoms with Crippen molar-refractivity contribution in [1.82, 2.24) is 10.2 Å². The number of halogens is 2. The topological polar surface area (TPSA) is 104 Å². The maximum Gasteiger partial charge on any atom is 0.325 e. The predicted octanol–water partition coefficient (Wildman–Crippen LogP) is 1.95. The molecule has 0 aliphatic carbocycles. The third-order valence-electron chi connectivity index (χ3n) is 5.94. The second-order valence-electron chi connectivity index (χ2n) is 8.23. The minimum Gasteiger partial charge on any atom is -0.319 e. The number of amides is 4. The van der Waals surface area contributed by atoms with E-state index in [-0.39, 0.29) is 23.5 Å². The average Bonchev–Trinajstić information content (AvgIpc) is 3.22. The number of imide groups is 1. The number of carbonyl (C=O) groups is 3. The van der Waals surface area contributed by atoms with Gasteiger partial charge in [0.25, 0.3) is 5.91 Å². The van der Waals surface area contributed by atoms with Crippen molar-refractivity contribution in [3.63, 3.8) is 0 Å². The van der Waals surface area contributed by atoms with Crippen LogP contribution in [-0.2, 0) is 25.0 Å². The van der Waals surface area contributed by atoms with Gasteiger partial charge in [-0.05, 0) is 43.2 Å². The second-order valence-corrected chi connectivity index (χ2v) is 10.5. The van der Waals surface area contributed by atoms with Gasteiger partial charge in [-0.3, -0.25) is 14.5 Å². The van der Waals surface area contributed by atoms with Crippen LogP contribution in [0, 0.1) is 11.6 Å². The number of urea groups is 1. The van der Waals surface area contributed by atoms with E-state index in [0.717, 1.165) is 12.1 Å². The molecule has 2 heterocycles. The van der Waals surface area contributed by atoms with Crippen molar-refractivity contribution < 1.29 is 31.6 Å². The number of benzene rings is 2. The number of rotatable bonds is 5. The molecule has 2 saturated heterocycles. The quantitative estimate of drug-likeness (QED) is 0.663. The Morgan fingerprint density at radius 1 is 1.15 bits per heavy atom. The zero-order valence-corrected chi connectivity index (χ0v) is 18.4. The Balaban J connectivity index is 1.61. The number of anilines is 1. The lowest BCUT2D eigenvalue weighted by atomic mass is 9.92. The van der Waals surface area contributed by atoms with E-state index in [1.807, 2.05) is 0 Å². The van der Waals surface area contributed by atoms with Crippen LogP contribution in [0.3, 0.4) is 0 Å². The van der Waals surface area contributed by atoms with Crippen molar-refractivity contribution in [1.29, 1.82) is 0 Å². The summed E-state index contributed by atoms with van der Waals surface area (Å²) in [6.07, 6.45) is 0.232. The zero-order valence-electron chi connectivity index (χ0n) is 17.6. The second kappa shape index (κ2) is 8.22. The minimum atomic E-state index is -3.31. The summed E-state index contributed by atoms with van der Waals surface area (Å²) in [7, 11) is -3.31. The van der Waals surface area contributed by atoms with E-state index in [4.69, 9.17) is 0 Å². The van der Waals surface area contributed by atoms with Crippen molar-refractivity contribution >= 4 is 33.4 Å². The SMILES string of the molecule is C[C@@]1(c2ccc(F)c(F)c2)NC(=O)N(CC(=O)N(c2ccccc2)[C@H]2CCS(=O)(=O)C2)C1=O. The standard InChI is InChI=1S/C22H21F2N3O5S/c1-22(14-7-8-17(23)18(24)11-14)20(29)26(21(30)25-22)12-19(28)27(15-5-3-2-4-6-15)16-9-10-33(31,32)13-16/h2-8,11,16H,9-10,12-13H2,1H3,(H,25,30)/t16-,22-/m0/s1. The Labute approximate surface area is 189 Å². The molecule has 174 valence electrons. The van der Waals surface area contributed by atoms with Crippen LogP contribution in [0.15, 0.2) is 48.5 Å². The van der Waals surface area contributed by atoms with Gasteiger partial charge < -0.3 is 10.2 Å². The van der Waals surface area contributed by atoms with Crippen LogP contribution in [0.5, 0.6) is 0 Å². The Kier molecular flexibility index (Phi) is 5.69. The lowest BCUT2D eigenvalue weighted by molar-refractivity contribution is -0.134. The number of nitrogens with zero attached hydrogens (tertiary/aromatic N) is 2. The normalized spacial score (nSPS) is 24.1. The van der Waals surface area contributed by atoms with Crippen molar-refractivity contribution in [2.75, 3.05) is 23.0 Å². The fourth-order valence-corrected chi connectivity index (χ4v) is 5.88. The fraction of sp³-hybridized carbons (Fsp3) is 0.318. The molecule has 2 aliphatic rings. The van der Waals surface area contributed by atoms with Gasteiger partial charge in [-0.25, -0.2) is 22.0 Å². The van der Waals surface area contributed by atoms with Crippen LogP contribution < -0.4 is 10.2 Å². The van der Waals surface area contributed by atoms with Crippen molar-refractivity contribution in [2.24, 2.45) is 0 Å². The number of nitrogens with one attached hydrogen (secondary N) is 1. The van der Waals surface area contributed by atoms with E-state index in [2.05, 4.69) is 5.32 Å². The maximum atomic E-state index is 13.7. The van der Waals surface area contributed by atoms with Gasteiger partial charge in [-0.1, -0.05) is 24.3 Å². The Bertz CT molecular complexity index is 1240. The van der Waals surface area contributed by atoms with E-state index in [1.54, 1.807) is 30.3 Å². The molecule has 2 atom stereocenters. The van der Waals surface area contributed by atoms with Crippen LogP contribution in [0.4, 0.5) is 19.3 Å². The number of hydrogen-bond donors (Lipinski definition) is 1. The predicted molar refractivity (Wildman–Crippen MR) is 115 cm³/mol. The first-order valence-electron chi connectivity index (χ1n) is 10.2. The van der Waals surface area contributed by atoms with Gasteiger partial charge in [0.1, 0.15) is 12.1 Å². The van der Waals surface area contributed by atoms with Crippen LogP contribution in [0.25, 0.3) is 0 Å². The van der Waals surface area contributed by atoms with Gasteiger partial charge in [0.15, 0.2) is 21.5 Å². The maximum absolute atomic E-state index is 13.7. The minimum absolute atomic E-state index is 0.0245. The molecule has 4 rings (SSSR count). The molecular weight excluding hydrogens is 456 g/mol. The number of para-hydroxylation sites is 1. The number of sulfone groups is 1. The largest absolute Gasteiger partial charge is 0.325 e.